The number of anilines is 1. The van der Waals surface area contributed by atoms with Crippen molar-refractivity contribution in [3.05, 3.63) is 64.1 Å². The van der Waals surface area contributed by atoms with Crippen LogP contribution in [0.25, 0.3) is 0 Å². The molecule has 3 rings (SSSR count). The second-order valence-corrected chi connectivity index (χ2v) is 8.30. The molecular weight excluding hydrogens is 446 g/mol. The van der Waals surface area contributed by atoms with E-state index >= 15 is 0 Å². The Hall–Kier alpha value is -2.67. The lowest BCUT2D eigenvalue weighted by molar-refractivity contribution is -0.125. The van der Waals surface area contributed by atoms with Crippen LogP contribution in [0.1, 0.15) is 48.5 Å². The summed E-state index contributed by atoms with van der Waals surface area (Å²) in [7, 11) is 0. The summed E-state index contributed by atoms with van der Waals surface area (Å²) in [6.07, 6.45) is 2.73. The molecule has 0 saturated carbocycles. The van der Waals surface area contributed by atoms with Crippen molar-refractivity contribution < 1.29 is 14.4 Å². The molecule has 0 aromatic heterocycles. The fourth-order valence-corrected chi connectivity index (χ4v) is 3.82. The van der Waals surface area contributed by atoms with Crippen LogP contribution in [0.15, 0.2) is 53.0 Å². The van der Waals surface area contributed by atoms with Crippen LogP contribution in [-0.4, -0.2) is 35.2 Å². The maximum Gasteiger partial charge on any atom is 0.254 e. The number of nitrogens with one attached hydrogen (secondary N) is 2. The summed E-state index contributed by atoms with van der Waals surface area (Å²) in [5.74, 6) is -0.300. The van der Waals surface area contributed by atoms with Gasteiger partial charge in [-0.15, -0.1) is 0 Å². The summed E-state index contributed by atoms with van der Waals surface area (Å²) in [6, 6.07) is 14.1. The first kappa shape index (κ1) is 22.0. The van der Waals surface area contributed by atoms with E-state index in [9.17, 15) is 14.4 Å². The fraction of sp³-hybridized carbons (Fsp3) is 0.348. The third-order valence-corrected chi connectivity index (χ3v) is 5.59. The molecule has 158 valence electrons. The molecule has 2 N–H and O–H groups in total. The Morgan fingerprint density at radius 2 is 1.90 bits per heavy atom. The Kier molecular flexibility index (Phi) is 7.63. The fourth-order valence-electron chi connectivity index (χ4n) is 3.56. The van der Waals surface area contributed by atoms with E-state index in [1.165, 1.54) is 0 Å². The van der Waals surface area contributed by atoms with Crippen LogP contribution >= 0.6 is 15.9 Å². The van der Waals surface area contributed by atoms with Crippen molar-refractivity contribution in [2.75, 3.05) is 11.9 Å². The third kappa shape index (κ3) is 5.69. The minimum atomic E-state index is -0.464. The van der Waals surface area contributed by atoms with Crippen LogP contribution in [0.2, 0.25) is 0 Å². The highest BCUT2D eigenvalue weighted by atomic mass is 79.9. The molecule has 1 aliphatic rings. The van der Waals surface area contributed by atoms with Gasteiger partial charge in [0.15, 0.2) is 0 Å². The molecular formula is C23H26BrN3O3. The summed E-state index contributed by atoms with van der Waals surface area (Å²) in [5, 5.41) is 5.80. The summed E-state index contributed by atoms with van der Waals surface area (Å²) in [6.45, 7) is 2.87. The topological polar surface area (TPSA) is 78.5 Å². The molecule has 0 radical (unpaired) electrons. The Morgan fingerprint density at radius 1 is 1.13 bits per heavy atom. The van der Waals surface area contributed by atoms with Crippen molar-refractivity contribution >= 4 is 39.3 Å². The molecule has 1 atom stereocenters. The van der Waals surface area contributed by atoms with Crippen molar-refractivity contribution in [3.8, 4) is 0 Å². The van der Waals surface area contributed by atoms with Crippen LogP contribution in [0.5, 0.6) is 0 Å². The van der Waals surface area contributed by atoms with Gasteiger partial charge in [-0.1, -0.05) is 35.0 Å². The first-order chi connectivity index (χ1) is 14.5. The van der Waals surface area contributed by atoms with E-state index in [-0.39, 0.29) is 17.7 Å². The Labute approximate surface area is 185 Å². The minimum absolute atomic E-state index is 0.0215. The molecule has 1 fully saturated rings. The second kappa shape index (κ2) is 10.4. The van der Waals surface area contributed by atoms with Gasteiger partial charge in [-0.25, -0.2) is 0 Å². The number of rotatable bonds is 7. The van der Waals surface area contributed by atoms with Gasteiger partial charge in [0.2, 0.25) is 11.8 Å². The average molecular weight is 472 g/mol. The molecule has 1 saturated heterocycles. The smallest absolute Gasteiger partial charge is 0.254 e. The average Bonchev–Trinajstić information content (AvgIpc) is 3.22. The lowest BCUT2D eigenvalue weighted by Crippen LogP contribution is -2.45. The number of hydrogen-bond acceptors (Lipinski definition) is 3. The normalized spacial score (nSPS) is 15.7. The van der Waals surface area contributed by atoms with Gasteiger partial charge in [-0.05, 0) is 61.2 Å². The molecule has 3 amide bonds. The van der Waals surface area contributed by atoms with Crippen molar-refractivity contribution in [1.29, 1.82) is 0 Å². The number of nitrogens with zero attached hydrogens (tertiary/aromatic N) is 1. The second-order valence-electron chi connectivity index (χ2n) is 7.38. The van der Waals surface area contributed by atoms with Gasteiger partial charge in [0, 0.05) is 35.2 Å². The number of carbonyl (C=O) groups is 3. The van der Waals surface area contributed by atoms with E-state index in [1.807, 2.05) is 43.3 Å². The molecule has 7 heteroatoms. The molecule has 1 heterocycles. The molecule has 0 aliphatic carbocycles. The summed E-state index contributed by atoms with van der Waals surface area (Å²) in [5.41, 5.74) is 2.18. The summed E-state index contributed by atoms with van der Waals surface area (Å²) < 4.78 is 0.905. The van der Waals surface area contributed by atoms with Gasteiger partial charge < -0.3 is 15.5 Å². The zero-order valence-electron chi connectivity index (χ0n) is 17.0. The summed E-state index contributed by atoms with van der Waals surface area (Å²) in [4.78, 5) is 39.1. The maximum atomic E-state index is 12.8. The molecule has 0 spiro atoms. The third-order valence-electron chi connectivity index (χ3n) is 5.06. The van der Waals surface area contributed by atoms with Gasteiger partial charge >= 0.3 is 0 Å². The highest BCUT2D eigenvalue weighted by Gasteiger charge is 2.34. The van der Waals surface area contributed by atoms with E-state index in [1.54, 1.807) is 17.0 Å². The Morgan fingerprint density at radius 3 is 2.63 bits per heavy atom. The van der Waals surface area contributed by atoms with Crippen LogP contribution in [0.3, 0.4) is 0 Å². The Balaban J connectivity index is 1.59. The van der Waals surface area contributed by atoms with Gasteiger partial charge in [-0.2, -0.15) is 0 Å². The van der Waals surface area contributed by atoms with E-state index in [0.717, 1.165) is 22.9 Å². The largest absolute Gasteiger partial charge is 0.350 e. The number of halogens is 1. The van der Waals surface area contributed by atoms with E-state index in [2.05, 4.69) is 26.6 Å². The molecule has 30 heavy (non-hydrogen) atoms. The van der Waals surface area contributed by atoms with Crippen molar-refractivity contribution in [3.63, 3.8) is 0 Å². The first-order valence-electron chi connectivity index (χ1n) is 10.2. The van der Waals surface area contributed by atoms with Crippen molar-refractivity contribution in [2.45, 2.75) is 45.2 Å². The highest BCUT2D eigenvalue weighted by molar-refractivity contribution is 9.10. The minimum Gasteiger partial charge on any atom is -0.350 e. The lowest BCUT2D eigenvalue weighted by Gasteiger charge is -2.24. The quantitative estimate of drug-likeness (QED) is 0.637. The van der Waals surface area contributed by atoms with Crippen LogP contribution in [0, 0.1) is 0 Å². The predicted molar refractivity (Wildman–Crippen MR) is 120 cm³/mol. The zero-order valence-corrected chi connectivity index (χ0v) is 18.6. The maximum absolute atomic E-state index is 12.8. The Bertz CT molecular complexity index is 914. The molecule has 0 bridgehead atoms. The van der Waals surface area contributed by atoms with Crippen molar-refractivity contribution in [2.24, 2.45) is 0 Å². The van der Waals surface area contributed by atoms with Crippen LogP contribution in [0.4, 0.5) is 5.69 Å². The van der Waals surface area contributed by atoms with Gasteiger partial charge in [0.25, 0.3) is 5.91 Å². The van der Waals surface area contributed by atoms with E-state index < -0.39 is 6.04 Å². The van der Waals surface area contributed by atoms with E-state index in [4.69, 9.17) is 0 Å². The van der Waals surface area contributed by atoms with Crippen molar-refractivity contribution in [1.82, 2.24) is 10.2 Å². The number of hydrogen-bond donors (Lipinski definition) is 2. The molecule has 1 unspecified atom stereocenters. The molecule has 6 nitrogen and oxygen atoms in total. The van der Waals surface area contributed by atoms with Gasteiger partial charge in [0.05, 0.1) is 0 Å². The van der Waals surface area contributed by atoms with Crippen LogP contribution in [-0.2, 0) is 16.1 Å². The molecule has 1 aliphatic heterocycles. The van der Waals surface area contributed by atoms with Gasteiger partial charge in [0.1, 0.15) is 6.04 Å². The highest BCUT2D eigenvalue weighted by Crippen LogP contribution is 2.22. The van der Waals surface area contributed by atoms with Gasteiger partial charge in [-0.3, -0.25) is 14.4 Å². The molecule has 2 aromatic rings. The lowest BCUT2D eigenvalue weighted by atomic mass is 10.1. The number of carbonyl (C=O) groups excluding carboxylic acids is 3. The number of amides is 3. The van der Waals surface area contributed by atoms with E-state index in [0.29, 0.717) is 37.2 Å². The number of benzene rings is 2. The monoisotopic (exact) mass is 471 g/mol. The first-order valence-corrected chi connectivity index (χ1v) is 11.0. The standard InChI is InChI=1S/C23H26BrN3O3/c1-2-5-21(28)26-19-7-3-6-16(14-19)15-25-22(29)20-8-4-13-27(20)23(30)17-9-11-18(24)12-10-17/h3,6-7,9-12,14,20H,2,4-5,8,13,15H2,1H3,(H,25,29)(H,26,28). The number of likely N-dealkylation sites (tertiary alicyclic amines) is 1. The van der Waals surface area contributed by atoms with Crippen LogP contribution < -0.4 is 10.6 Å². The molecule has 2 aromatic carbocycles. The SMILES string of the molecule is CCCC(=O)Nc1cccc(CNC(=O)C2CCCN2C(=O)c2ccc(Br)cc2)c1. The predicted octanol–water partition coefficient (Wildman–Crippen LogP) is 4.11. The summed E-state index contributed by atoms with van der Waals surface area (Å²) >= 11 is 3.37. The zero-order chi connectivity index (χ0) is 21.5.